The molecule has 1 aliphatic rings. The normalized spacial score (nSPS) is 14.4. The lowest BCUT2D eigenvalue weighted by atomic mass is 10.0. The van der Waals surface area contributed by atoms with Crippen molar-refractivity contribution in [3.05, 3.63) is 109 Å². The second kappa shape index (κ2) is 7.72. The lowest BCUT2D eigenvalue weighted by Crippen LogP contribution is -2.01. The van der Waals surface area contributed by atoms with Gasteiger partial charge in [0.1, 0.15) is 0 Å². The van der Waals surface area contributed by atoms with Crippen molar-refractivity contribution in [1.82, 2.24) is 9.97 Å². The van der Waals surface area contributed by atoms with Crippen LogP contribution in [0.3, 0.4) is 0 Å². The molecule has 33 heavy (non-hydrogen) atoms. The highest BCUT2D eigenvalue weighted by molar-refractivity contribution is 8.33. The van der Waals surface area contributed by atoms with Crippen LogP contribution in [0.2, 0.25) is 0 Å². The summed E-state index contributed by atoms with van der Waals surface area (Å²) in [5, 5.41) is 0. The molecule has 160 valence electrons. The molecule has 1 aliphatic heterocycles. The second-order valence-electron chi connectivity index (χ2n) is 8.71. The van der Waals surface area contributed by atoms with E-state index in [1.807, 2.05) is 6.07 Å². The van der Waals surface area contributed by atoms with Crippen molar-refractivity contribution < 1.29 is 0 Å². The minimum Gasteiger partial charge on any atom is -0.227 e. The zero-order chi connectivity index (χ0) is 22.4. The first-order valence-electron chi connectivity index (χ1n) is 11.1. The summed E-state index contributed by atoms with van der Waals surface area (Å²) in [6.45, 7) is 0. The Kier molecular flexibility index (Phi) is 4.67. The van der Waals surface area contributed by atoms with Crippen molar-refractivity contribution in [2.75, 3.05) is 12.5 Å². The van der Waals surface area contributed by atoms with Crippen LogP contribution in [-0.2, 0) is 0 Å². The third-order valence-corrected chi connectivity index (χ3v) is 9.23. The Morgan fingerprint density at radius 1 is 0.485 bits per heavy atom. The maximum atomic E-state index is 5.18. The summed E-state index contributed by atoms with van der Waals surface area (Å²) in [7, 11) is -1.21. The molecule has 2 heterocycles. The summed E-state index contributed by atoms with van der Waals surface area (Å²) in [6.07, 6.45) is 4.73. The molecule has 0 atom stereocenters. The van der Waals surface area contributed by atoms with Gasteiger partial charge in [0.05, 0.1) is 11.4 Å². The fourth-order valence-corrected chi connectivity index (χ4v) is 7.34. The number of fused-ring (bicyclic) bond motifs is 3. The highest BCUT2D eigenvalue weighted by atomic mass is 32.3. The van der Waals surface area contributed by atoms with Gasteiger partial charge in [0.2, 0.25) is 0 Å². The first-order chi connectivity index (χ1) is 16.1. The number of hydrogen-bond acceptors (Lipinski definition) is 2. The van der Waals surface area contributed by atoms with Gasteiger partial charge in [0.25, 0.3) is 0 Å². The van der Waals surface area contributed by atoms with E-state index in [4.69, 9.17) is 9.97 Å². The average molecular weight is 445 g/mol. The van der Waals surface area contributed by atoms with Gasteiger partial charge in [-0.2, -0.15) is 10.0 Å². The van der Waals surface area contributed by atoms with Crippen molar-refractivity contribution in [1.29, 1.82) is 0 Å². The monoisotopic (exact) mass is 444 g/mol. The van der Waals surface area contributed by atoms with Crippen LogP contribution in [0.15, 0.2) is 119 Å². The second-order valence-corrected chi connectivity index (χ2v) is 12.2. The lowest BCUT2D eigenvalue weighted by molar-refractivity contribution is 1.12. The summed E-state index contributed by atoms with van der Waals surface area (Å²) in [5.74, 6) is 0.777. The largest absolute Gasteiger partial charge is 0.227 e. The van der Waals surface area contributed by atoms with Crippen molar-refractivity contribution >= 4 is 10.0 Å². The molecule has 0 saturated heterocycles. The SMILES string of the molecule is CS1(C)c2ccccc2-c2nc(-c3ccc(-c4ccccc4)cc3)nc(-c3ccccc3)c21. The van der Waals surface area contributed by atoms with Crippen molar-refractivity contribution in [3.8, 4) is 45.0 Å². The smallest absolute Gasteiger partial charge is 0.160 e. The average Bonchev–Trinajstić information content (AvgIpc) is 3.12. The molecule has 4 aromatic carbocycles. The van der Waals surface area contributed by atoms with E-state index in [1.54, 1.807) is 0 Å². The van der Waals surface area contributed by atoms with Crippen LogP contribution in [-0.4, -0.2) is 22.5 Å². The molecule has 1 aromatic heterocycles. The van der Waals surface area contributed by atoms with E-state index in [-0.39, 0.29) is 0 Å². The molecule has 0 spiro atoms. The molecule has 0 radical (unpaired) electrons. The van der Waals surface area contributed by atoms with Gasteiger partial charge < -0.3 is 0 Å². The van der Waals surface area contributed by atoms with E-state index in [0.29, 0.717) is 0 Å². The maximum absolute atomic E-state index is 5.18. The Balaban J connectivity index is 1.56. The molecule has 0 bridgehead atoms. The zero-order valence-corrected chi connectivity index (χ0v) is 19.5. The topological polar surface area (TPSA) is 25.8 Å². The van der Waals surface area contributed by atoms with Gasteiger partial charge in [0.15, 0.2) is 5.82 Å². The lowest BCUT2D eigenvalue weighted by Gasteiger charge is -2.29. The standard InChI is InChI=1S/C30H24N2S/c1-33(2)26-16-10-9-15-25(26)28-29(33)27(23-13-7-4-8-14-23)31-30(32-28)24-19-17-22(18-20-24)21-11-5-3-6-12-21/h3-20H,1-2H3. The van der Waals surface area contributed by atoms with E-state index in [9.17, 15) is 0 Å². The van der Waals surface area contributed by atoms with E-state index in [2.05, 4.69) is 116 Å². The molecule has 3 heteroatoms. The highest BCUT2D eigenvalue weighted by Gasteiger charge is 2.36. The van der Waals surface area contributed by atoms with Crippen LogP contribution in [0.1, 0.15) is 0 Å². The van der Waals surface area contributed by atoms with Crippen LogP contribution in [0.5, 0.6) is 0 Å². The third-order valence-electron chi connectivity index (χ3n) is 6.37. The zero-order valence-electron chi connectivity index (χ0n) is 18.7. The Labute approximate surface area is 196 Å². The number of hydrogen-bond donors (Lipinski definition) is 0. The fourth-order valence-electron chi connectivity index (χ4n) is 4.70. The van der Waals surface area contributed by atoms with Gasteiger partial charge in [-0.15, -0.1) is 0 Å². The molecule has 0 saturated carbocycles. The van der Waals surface area contributed by atoms with Crippen molar-refractivity contribution in [2.45, 2.75) is 9.79 Å². The van der Waals surface area contributed by atoms with Crippen LogP contribution < -0.4 is 0 Å². The Morgan fingerprint density at radius 3 is 1.70 bits per heavy atom. The van der Waals surface area contributed by atoms with Gasteiger partial charge in [0, 0.05) is 26.5 Å². The van der Waals surface area contributed by atoms with Crippen molar-refractivity contribution in [3.63, 3.8) is 0 Å². The molecule has 0 unspecified atom stereocenters. The Hall–Kier alpha value is -3.69. The molecule has 5 aromatic rings. The third kappa shape index (κ3) is 3.28. The number of aromatic nitrogens is 2. The minimum absolute atomic E-state index is 0.777. The Bertz CT molecular complexity index is 1460. The molecule has 2 nitrogen and oxygen atoms in total. The maximum Gasteiger partial charge on any atom is 0.160 e. The fraction of sp³-hybridized carbons (Fsp3) is 0.0667. The molecular formula is C30H24N2S. The Morgan fingerprint density at radius 2 is 1.00 bits per heavy atom. The molecular weight excluding hydrogens is 420 g/mol. The van der Waals surface area contributed by atoms with E-state index < -0.39 is 10.0 Å². The van der Waals surface area contributed by atoms with E-state index in [1.165, 1.54) is 26.5 Å². The number of benzene rings is 4. The predicted molar refractivity (Wildman–Crippen MR) is 140 cm³/mol. The number of rotatable bonds is 3. The van der Waals surface area contributed by atoms with E-state index in [0.717, 1.165) is 28.3 Å². The number of nitrogens with zero attached hydrogens (tertiary/aromatic N) is 2. The molecule has 0 aliphatic carbocycles. The van der Waals surface area contributed by atoms with Crippen LogP contribution in [0.4, 0.5) is 0 Å². The van der Waals surface area contributed by atoms with Gasteiger partial charge >= 0.3 is 0 Å². The van der Waals surface area contributed by atoms with Crippen LogP contribution in [0.25, 0.3) is 45.0 Å². The summed E-state index contributed by atoms with van der Waals surface area (Å²) >= 11 is 0. The predicted octanol–water partition coefficient (Wildman–Crippen LogP) is 7.94. The highest BCUT2D eigenvalue weighted by Crippen LogP contribution is 2.68. The van der Waals surface area contributed by atoms with Gasteiger partial charge in [-0.25, -0.2) is 9.97 Å². The van der Waals surface area contributed by atoms with Crippen LogP contribution >= 0.6 is 10.0 Å². The van der Waals surface area contributed by atoms with E-state index >= 15 is 0 Å². The van der Waals surface area contributed by atoms with Gasteiger partial charge in [-0.1, -0.05) is 103 Å². The first-order valence-corrected chi connectivity index (χ1v) is 13.5. The minimum atomic E-state index is -1.21. The first kappa shape index (κ1) is 20.0. The summed E-state index contributed by atoms with van der Waals surface area (Å²) in [5.41, 5.74) is 7.97. The summed E-state index contributed by atoms with van der Waals surface area (Å²) in [6, 6.07) is 38.3. The molecule has 0 amide bonds. The summed E-state index contributed by atoms with van der Waals surface area (Å²) in [4.78, 5) is 13.0. The van der Waals surface area contributed by atoms with Gasteiger partial charge in [-0.05, 0) is 29.7 Å². The van der Waals surface area contributed by atoms with Crippen molar-refractivity contribution in [2.24, 2.45) is 0 Å². The van der Waals surface area contributed by atoms with Gasteiger partial charge in [-0.3, -0.25) is 0 Å². The summed E-state index contributed by atoms with van der Waals surface area (Å²) < 4.78 is 0. The molecule has 0 fully saturated rings. The molecule has 0 N–H and O–H groups in total. The quantitative estimate of drug-likeness (QED) is 0.282. The molecule has 6 rings (SSSR count). The van der Waals surface area contributed by atoms with Crippen LogP contribution in [0, 0.1) is 0 Å².